The lowest BCUT2D eigenvalue weighted by molar-refractivity contribution is -0.154. The van der Waals surface area contributed by atoms with E-state index in [9.17, 15) is 14.3 Å². The third-order valence-electron chi connectivity index (χ3n) is 8.47. The Hall–Kier alpha value is -1.54. The molecule has 0 heterocycles. The quantitative estimate of drug-likeness (QED) is 0.0277. The standard InChI is InChI=1S/C42H78NO7P/c1-3-5-7-9-11-13-15-17-19-20-21-22-24-26-28-30-32-34-37-47-39-41(40-49-51(45,46)48-38-36-43)50-42(44)35-33-31-29-27-25-23-18-16-14-12-10-8-6-4-2/h10-13,16-19,41H,3-9,14-15,20-40,43H2,1-2H3,(H,45,46)/b12-10-,13-11-,18-16-,19-17-. The van der Waals surface area contributed by atoms with Gasteiger partial charge >= 0.3 is 13.8 Å². The van der Waals surface area contributed by atoms with Gasteiger partial charge in [0, 0.05) is 19.6 Å². The molecule has 0 aliphatic rings. The van der Waals surface area contributed by atoms with Gasteiger partial charge in [-0.3, -0.25) is 13.8 Å². The van der Waals surface area contributed by atoms with E-state index in [1.807, 2.05) is 0 Å². The first-order valence-electron chi connectivity index (χ1n) is 20.6. The second kappa shape index (κ2) is 39.7. The largest absolute Gasteiger partial charge is 0.472 e. The molecule has 298 valence electrons. The predicted molar refractivity (Wildman–Crippen MR) is 215 cm³/mol. The van der Waals surface area contributed by atoms with Gasteiger partial charge < -0.3 is 20.1 Å². The van der Waals surface area contributed by atoms with Gasteiger partial charge in [0.15, 0.2) is 0 Å². The van der Waals surface area contributed by atoms with E-state index in [4.69, 9.17) is 24.3 Å². The van der Waals surface area contributed by atoms with Gasteiger partial charge in [-0.2, -0.15) is 0 Å². The average molecular weight is 740 g/mol. The van der Waals surface area contributed by atoms with Gasteiger partial charge in [0.2, 0.25) is 0 Å². The summed E-state index contributed by atoms with van der Waals surface area (Å²) in [5.74, 6) is -0.348. The highest BCUT2D eigenvalue weighted by molar-refractivity contribution is 7.47. The first kappa shape index (κ1) is 49.5. The number of rotatable bonds is 39. The van der Waals surface area contributed by atoms with E-state index in [1.54, 1.807) is 0 Å². The minimum atomic E-state index is -4.28. The number of phosphoric acid groups is 1. The van der Waals surface area contributed by atoms with Crippen LogP contribution in [-0.2, 0) is 27.9 Å². The SMILES string of the molecule is CCCC/C=C\C/C=C\CCCCCCCC(=O)OC(COCCCCCCCCCC/C=C\C/C=C\CCCCC)COP(=O)(O)OCCN. The van der Waals surface area contributed by atoms with Crippen molar-refractivity contribution in [1.29, 1.82) is 0 Å². The molecule has 0 aliphatic carbocycles. The summed E-state index contributed by atoms with van der Waals surface area (Å²) in [6, 6.07) is 0. The number of carbonyl (C=O) groups is 1. The predicted octanol–water partition coefficient (Wildman–Crippen LogP) is 12.0. The topological polar surface area (TPSA) is 117 Å². The first-order valence-corrected chi connectivity index (χ1v) is 22.1. The van der Waals surface area contributed by atoms with Crippen molar-refractivity contribution < 1.29 is 32.8 Å². The number of esters is 1. The van der Waals surface area contributed by atoms with Crippen molar-refractivity contribution in [3.8, 4) is 0 Å². The molecule has 0 radical (unpaired) electrons. The Labute approximate surface area is 313 Å². The third kappa shape index (κ3) is 39.5. The second-order valence-electron chi connectivity index (χ2n) is 13.5. The maximum atomic E-state index is 12.5. The second-order valence-corrected chi connectivity index (χ2v) is 14.9. The molecule has 0 bridgehead atoms. The number of nitrogens with two attached hydrogens (primary N) is 1. The minimum absolute atomic E-state index is 0.0953. The highest BCUT2D eigenvalue weighted by Crippen LogP contribution is 2.43. The van der Waals surface area contributed by atoms with Gasteiger partial charge in [-0.1, -0.05) is 146 Å². The van der Waals surface area contributed by atoms with Crippen molar-refractivity contribution in [2.45, 2.75) is 180 Å². The monoisotopic (exact) mass is 740 g/mol. The molecular weight excluding hydrogens is 661 g/mol. The molecular formula is C42H78NO7P. The summed E-state index contributed by atoms with van der Waals surface area (Å²) in [6.45, 7) is 4.82. The number of hydrogen-bond acceptors (Lipinski definition) is 7. The van der Waals surface area contributed by atoms with Gasteiger partial charge in [0.25, 0.3) is 0 Å². The first-order chi connectivity index (χ1) is 24.9. The summed E-state index contributed by atoms with van der Waals surface area (Å²) < 4.78 is 33.4. The number of hydrogen-bond donors (Lipinski definition) is 2. The van der Waals surface area contributed by atoms with E-state index >= 15 is 0 Å². The summed E-state index contributed by atoms with van der Waals surface area (Å²) in [6.07, 6.45) is 45.5. The zero-order valence-corrected chi connectivity index (χ0v) is 33.7. The molecule has 0 fully saturated rings. The highest BCUT2D eigenvalue weighted by atomic mass is 31.2. The van der Waals surface area contributed by atoms with Crippen molar-refractivity contribution in [2.24, 2.45) is 5.73 Å². The molecule has 8 nitrogen and oxygen atoms in total. The summed E-state index contributed by atoms with van der Waals surface area (Å²) in [7, 11) is -4.28. The van der Waals surface area contributed by atoms with Crippen LogP contribution >= 0.6 is 7.82 Å². The van der Waals surface area contributed by atoms with Crippen molar-refractivity contribution in [3.63, 3.8) is 0 Å². The van der Waals surface area contributed by atoms with Gasteiger partial charge in [-0.05, 0) is 70.6 Å². The molecule has 0 saturated carbocycles. The fourth-order valence-corrected chi connectivity index (χ4v) is 6.16. The minimum Gasteiger partial charge on any atom is -0.457 e. The van der Waals surface area contributed by atoms with Crippen LogP contribution in [0.4, 0.5) is 0 Å². The molecule has 0 aliphatic heterocycles. The zero-order valence-electron chi connectivity index (χ0n) is 32.8. The van der Waals surface area contributed by atoms with Gasteiger partial charge in [0.1, 0.15) is 6.10 Å². The van der Waals surface area contributed by atoms with Crippen molar-refractivity contribution in [3.05, 3.63) is 48.6 Å². The number of carbonyl (C=O) groups excluding carboxylic acids is 1. The van der Waals surface area contributed by atoms with E-state index < -0.39 is 13.9 Å². The van der Waals surface area contributed by atoms with Crippen molar-refractivity contribution in [1.82, 2.24) is 0 Å². The molecule has 0 aromatic heterocycles. The summed E-state index contributed by atoms with van der Waals surface area (Å²) in [4.78, 5) is 22.4. The molecule has 51 heavy (non-hydrogen) atoms. The van der Waals surface area contributed by atoms with Crippen LogP contribution in [0.3, 0.4) is 0 Å². The Morgan fingerprint density at radius 3 is 1.59 bits per heavy atom. The van der Waals surface area contributed by atoms with Crippen LogP contribution in [-0.4, -0.2) is 49.9 Å². The number of phosphoric ester groups is 1. The average Bonchev–Trinajstić information content (AvgIpc) is 3.12. The van der Waals surface area contributed by atoms with Gasteiger partial charge in [0.05, 0.1) is 19.8 Å². The van der Waals surface area contributed by atoms with E-state index in [0.717, 1.165) is 64.2 Å². The Morgan fingerprint density at radius 1 is 0.588 bits per heavy atom. The van der Waals surface area contributed by atoms with E-state index in [1.165, 1.54) is 89.9 Å². The third-order valence-corrected chi connectivity index (χ3v) is 9.45. The lowest BCUT2D eigenvalue weighted by Crippen LogP contribution is -2.28. The highest BCUT2D eigenvalue weighted by Gasteiger charge is 2.25. The summed E-state index contributed by atoms with van der Waals surface area (Å²) in [5, 5.41) is 0. The summed E-state index contributed by atoms with van der Waals surface area (Å²) in [5.41, 5.74) is 5.36. The van der Waals surface area contributed by atoms with Crippen LogP contribution in [0.5, 0.6) is 0 Å². The molecule has 0 aromatic carbocycles. The van der Waals surface area contributed by atoms with Crippen LogP contribution in [0.1, 0.15) is 174 Å². The zero-order chi connectivity index (χ0) is 37.4. The van der Waals surface area contributed by atoms with Crippen LogP contribution in [0.25, 0.3) is 0 Å². The number of unbranched alkanes of at least 4 members (excludes halogenated alkanes) is 18. The lowest BCUT2D eigenvalue weighted by Gasteiger charge is -2.20. The molecule has 0 spiro atoms. The van der Waals surface area contributed by atoms with Crippen LogP contribution in [0.15, 0.2) is 48.6 Å². The molecule has 3 N–H and O–H groups in total. The van der Waals surface area contributed by atoms with Crippen molar-refractivity contribution >= 4 is 13.8 Å². The van der Waals surface area contributed by atoms with Crippen LogP contribution < -0.4 is 5.73 Å². The Bertz CT molecular complexity index is 921. The normalized spacial score (nSPS) is 14.0. The van der Waals surface area contributed by atoms with Gasteiger partial charge in [-0.15, -0.1) is 0 Å². The molecule has 0 rings (SSSR count). The summed E-state index contributed by atoms with van der Waals surface area (Å²) >= 11 is 0. The lowest BCUT2D eigenvalue weighted by atomic mass is 10.1. The van der Waals surface area contributed by atoms with Crippen LogP contribution in [0, 0.1) is 0 Å². The van der Waals surface area contributed by atoms with E-state index in [0.29, 0.717) is 13.0 Å². The Kier molecular flexibility index (Phi) is 38.5. The maximum absolute atomic E-state index is 12.5. The molecule has 2 unspecified atom stereocenters. The van der Waals surface area contributed by atoms with E-state index in [2.05, 4.69) is 62.5 Å². The number of ether oxygens (including phenoxy) is 2. The van der Waals surface area contributed by atoms with Gasteiger partial charge in [-0.25, -0.2) is 4.57 Å². The van der Waals surface area contributed by atoms with Crippen LogP contribution in [0.2, 0.25) is 0 Å². The molecule has 0 saturated heterocycles. The fraction of sp³-hybridized carbons (Fsp3) is 0.786. The molecule has 0 amide bonds. The smallest absolute Gasteiger partial charge is 0.457 e. The Morgan fingerprint density at radius 2 is 1.06 bits per heavy atom. The molecule has 9 heteroatoms. The fourth-order valence-electron chi connectivity index (χ4n) is 5.39. The Balaban J connectivity index is 4.08. The van der Waals surface area contributed by atoms with Crippen molar-refractivity contribution in [2.75, 3.05) is 33.0 Å². The molecule has 0 aromatic rings. The molecule has 2 atom stereocenters. The number of allylic oxidation sites excluding steroid dienone is 8. The maximum Gasteiger partial charge on any atom is 0.472 e. The van der Waals surface area contributed by atoms with E-state index in [-0.39, 0.29) is 32.3 Å².